The van der Waals surface area contributed by atoms with Crippen LogP contribution < -0.4 is 0 Å². The Bertz CT molecular complexity index is 276. The topological polar surface area (TPSA) is 49.8 Å². The van der Waals surface area contributed by atoms with Crippen molar-refractivity contribution in [2.45, 2.75) is 32.1 Å². The van der Waals surface area contributed by atoms with E-state index in [1.165, 1.54) is 0 Å². The van der Waals surface area contributed by atoms with Gasteiger partial charge in [-0.25, -0.2) is 0 Å². The molecule has 0 radical (unpaired) electrons. The lowest BCUT2D eigenvalue weighted by Crippen LogP contribution is -2.47. The lowest BCUT2D eigenvalue weighted by Gasteiger charge is -2.42. The van der Waals surface area contributed by atoms with Gasteiger partial charge < -0.3 is 14.7 Å². The van der Waals surface area contributed by atoms with Crippen molar-refractivity contribution in [2.75, 3.05) is 33.4 Å². The maximum Gasteiger partial charge on any atom is 0.228 e. The zero-order valence-electron chi connectivity index (χ0n) is 10.7. The lowest BCUT2D eigenvalue weighted by atomic mass is 9.66. The largest absolute Gasteiger partial charge is 0.396 e. The van der Waals surface area contributed by atoms with Crippen LogP contribution in [0.15, 0.2) is 0 Å². The summed E-state index contributed by atoms with van der Waals surface area (Å²) in [6.07, 6.45) is 4.98. The molecule has 0 aromatic heterocycles. The molecule has 2 rings (SSSR count). The van der Waals surface area contributed by atoms with Crippen LogP contribution in [-0.2, 0) is 9.53 Å². The summed E-state index contributed by atoms with van der Waals surface area (Å²) in [6.45, 7) is 2.43. The highest BCUT2D eigenvalue weighted by Gasteiger charge is 2.46. The van der Waals surface area contributed by atoms with Crippen LogP contribution in [0.3, 0.4) is 0 Å². The quantitative estimate of drug-likeness (QED) is 0.782. The Morgan fingerprint density at radius 3 is 2.76 bits per heavy atom. The summed E-state index contributed by atoms with van der Waals surface area (Å²) in [5, 5.41) is 9.12. The molecule has 0 unspecified atom stereocenters. The van der Waals surface area contributed by atoms with Crippen molar-refractivity contribution in [3.8, 4) is 0 Å². The molecule has 1 aliphatic carbocycles. The third-order valence-corrected chi connectivity index (χ3v) is 4.38. The van der Waals surface area contributed by atoms with Crippen molar-refractivity contribution in [1.29, 1.82) is 0 Å². The van der Waals surface area contributed by atoms with Crippen LogP contribution >= 0.6 is 0 Å². The predicted molar refractivity (Wildman–Crippen MR) is 64.5 cm³/mol. The Kier molecular flexibility index (Phi) is 4.05. The van der Waals surface area contributed by atoms with E-state index in [0.29, 0.717) is 18.4 Å². The highest BCUT2D eigenvalue weighted by molar-refractivity contribution is 5.83. The molecule has 17 heavy (non-hydrogen) atoms. The van der Waals surface area contributed by atoms with Gasteiger partial charge in [0.2, 0.25) is 5.91 Å². The summed E-state index contributed by atoms with van der Waals surface area (Å²) < 4.78 is 5.12. The lowest BCUT2D eigenvalue weighted by molar-refractivity contribution is -0.148. The number of hydrogen-bond donors (Lipinski definition) is 1. The van der Waals surface area contributed by atoms with Crippen LogP contribution in [-0.4, -0.2) is 49.3 Å². The molecule has 1 saturated heterocycles. The average Bonchev–Trinajstić information content (AvgIpc) is 2.76. The molecule has 1 saturated carbocycles. The summed E-state index contributed by atoms with van der Waals surface area (Å²) >= 11 is 0. The van der Waals surface area contributed by atoms with Crippen molar-refractivity contribution in [3.63, 3.8) is 0 Å². The van der Waals surface area contributed by atoms with Gasteiger partial charge in [-0.15, -0.1) is 0 Å². The van der Waals surface area contributed by atoms with Gasteiger partial charge in [-0.3, -0.25) is 4.79 Å². The summed E-state index contributed by atoms with van der Waals surface area (Å²) in [6, 6.07) is 0. The SMILES string of the molecule is COCCC1(C(=O)N2CC[C@@H](CO)C2)CCC1. The summed E-state index contributed by atoms with van der Waals surface area (Å²) in [5.74, 6) is 0.593. The van der Waals surface area contributed by atoms with Gasteiger partial charge in [0, 0.05) is 39.3 Å². The molecule has 1 heterocycles. The van der Waals surface area contributed by atoms with Crippen LogP contribution in [0.4, 0.5) is 0 Å². The number of ether oxygens (including phenoxy) is 1. The average molecular weight is 241 g/mol. The monoisotopic (exact) mass is 241 g/mol. The molecule has 2 aliphatic rings. The molecule has 1 N–H and O–H groups in total. The number of likely N-dealkylation sites (tertiary alicyclic amines) is 1. The number of carbonyl (C=O) groups excluding carboxylic acids is 1. The van der Waals surface area contributed by atoms with Crippen molar-refractivity contribution in [2.24, 2.45) is 11.3 Å². The standard InChI is InChI=1S/C13H23NO3/c1-17-8-6-13(4-2-5-13)12(16)14-7-3-11(9-14)10-15/h11,15H,2-10H2,1H3/t11-/m1/s1. The molecular weight excluding hydrogens is 218 g/mol. The number of carbonyl (C=O) groups is 1. The number of methoxy groups -OCH3 is 1. The Balaban J connectivity index is 1.93. The van der Waals surface area contributed by atoms with E-state index in [9.17, 15) is 4.79 Å². The van der Waals surface area contributed by atoms with Crippen molar-refractivity contribution in [1.82, 2.24) is 4.90 Å². The molecule has 4 nitrogen and oxygen atoms in total. The molecule has 1 aliphatic heterocycles. The molecule has 0 bridgehead atoms. The van der Waals surface area contributed by atoms with Crippen LogP contribution in [0, 0.1) is 11.3 Å². The summed E-state index contributed by atoms with van der Waals surface area (Å²) in [5.41, 5.74) is -0.139. The first-order valence-electron chi connectivity index (χ1n) is 6.61. The molecule has 2 fully saturated rings. The molecule has 1 atom stereocenters. The van der Waals surface area contributed by atoms with Crippen LogP contribution in [0.1, 0.15) is 32.1 Å². The maximum absolute atomic E-state index is 12.5. The highest BCUT2D eigenvalue weighted by atomic mass is 16.5. The van der Waals surface area contributed by atoms with Gasteiger partial charge in [0.05, 0.1) is 5.41 Å². The van der Waals surface area contributed by atoms with Gasteiger partial charge in [-0.1, -0.05) is 6.42 Å². The van der Waals surface area contributed by atoms with E-state index in [0.717, 1.165) is 45.2 Å². The second-order valence-electron chi connectivity index (χ2n) is 5.47. The van der Waals surface area contributed by atoms with Crippen molar-refractivity contribution >= 4 is 5.91 Å². The van der Waals surface area contributed by atoms with Crippen LogP contribution in [0.2, 0.25) is 0 Å². The van der Waals surface area contributed by atoms with E-state index >= 15 is 0 Å². The fourth-order valence-corrected chi connectivity index (χ4v) is 2.97. The Morgan fingerprint density at radius 2 is 2.29 bits per heavy atom. The number of amides is 1. The van der Waals surface area contributed by atoms with E-state index < -0.39 is 0 Å². The van der Waals surface area contributed by atoms with Crippen molar-refractivity contribution < 1.29 is 14.6 Å². The number of aliphatic hydroxyl groups is 1. The number of aliphatic hydroxyl groups excluding tert-OH is 1. The van der Waals surface area contributed by atoms with Crippen molar-refractivity contribution in [3.05, 3.63) is 0 Å². The fraction of sp³-hybridized carbons (Fsp3) is 0.923. The third-order valence-electron chi connectivity index (χ3n) is 4.38. The summed E-state index contributed by atoms with van der Waals surface area (Å²) in [4.78, 5) is 14.5. The highest BCUT2D eigenvalue weighted by Crippen LogP contribution is 2.46. The molecule has 0 spiro atoms. The van der Waals surface area contributed by atoms with Gasteiger partial charge >= 0.3 is 0 Å². The van der Waals surface area contributed by atoms with E-state index in [-0.39, 0.29) is 12.0 Å². The molecular formula is C13H23NO3. The van der Waals surface area contributed by atoms with Gasteiger partial charge in [0.25, 0.3) is 0 Å². The second kappa shape index (κ2) is 5.36. The number of nitrogens with zero attached hydrogens (tertiary/aromatic N) is 1. The van der Waals surface area contributed by atoms with Gasteiger partial charge in [0.1, 0.15) is 0 Å². The zero-order chi connectivity index (χ0) is 12.3. The first-order valence-corrected chi connectivity index (χ1v) is 6.61. The molecule has 0 aromatic rings. The molecule has 4 heteroatoms. The van der Waals surface area contributed by atoms with Gasteiger partial charge in [-0.05, 0) is 25.7 Å². The van der Waals surface area contributed by atoms with Crippen LogP contribution in [0.25, 0.3) is 0 Å². The van der Waals surface area contributed by atoms with Gasteiger partial charge in [0.15, 0.2) is 0 Å². The Hall–Kier alpha value is -0.610. The minimum Gasteiger partial charge on any atom is -0.396 e. The van der Waals surface area contributed by atoms with E-state index in [1.54, 1.807) is 7.11 Å². The predicted octanol–water partition coefficient (Wildman–Crippen LogP) is 1.03. The molecule has 0 aromatic carbocycles. The number of rotatable bonds is 5. The minimum atomic E-state index is -0.139. The number of hydrogen-bond acceptors (Lipinski definition) is 3. The fourth-order valence-electron chi connectivity index (χ4n) is 2.97. The smallest absolute Gasteiger partial charge is 0.228 e. The molecule has 98 valence electrons. The maximum atomic E-state index is 12.5. The van der Waals surface area contributed by atoms with E-state index in [1.807, 2.05) is 4.90 Å². The van der Waals surface area contributed by atoms with Gasteiger partial charge in [-0.2, -0.15) is 0 Å². The first-order chi connectivity index (χ1) is 8.22. The second-order valence-corrected chi connectivity index (χ2v) is 5.47. The third kappa shape index (κ3) is 2.47. The Labute approximate surface area is 103 Å². The van der Waals surface area contributed by atoms with E-state index in [4.69, 9.17) is 9.84 Å². The molecule has 1 amide bonds. The van der Waals surface area contributed by atoms with E-state index in [2.05, 4.69) is 0 Å². The normalized spacial score (nSPS) is 26.9. The zero-order valence-corrected chi connectivity index (χ0v) is 10.7. The van der Waals surface area contributed by atoms with Crippen LogP contribution in [0.5, 0.6) is 0 Å². The first kappa shape index (κ1) is 12.8. The minimum absolute atomic E-state index is 0.139. The summed E-state index contributed by atoms with van der Waals surface area (Å²) in [7, 11) is 1.69. The Morgan fingerprint density at radius 1 is 1.53 bits per heavy atom.